The fourth-order valence-electron chi connectivity index (χ4n) is 5.58. The molecule has 0 amide bonds. The summed E-state index contributed by atoms with van der Waals surface area (Å²) in [4.78, 5) is 0. The molecule has 5 rings (SSSR count). The normalized spacial score (nSPS) is 33.5. The first-order chi connectivity index (χ1) is 11.8. The highest BCUT2D eigenvalue weighted by atomic mass is 16.5. The third-order valence-electron chi connectivity index (χ3n) is 6.35. The van der Waals surface area contributed by atoms with Crippen LogP contribution in [0.1, 0.15) is 37.7 Å². The van der Waals surface area contributed by atoms with Crippen molar-refractivity contribution in [2.75, 3.05) is 13.7 Å². The van der Waals surface area contributed by atoms with E-state index >= 15 is 0 Å². The molecule has 4 fully saturated rings. The molecule has 0 spiro atoms. The molecular weight excluding hydrogens is 298 g/mol. The van der Waals surface area contributed by atoms with Crippen molar-refractivity contribution in [3.63, 3.8) is 0 Å². The van der Waals surface area contributed by atoms with Crippen LogP contribution in [0.15, 0.2) is 30.9 Å². The van der Waals surface area contributed by atoms with Crippen LogP contribution in [0.25, 0.3) is 0 Å². The predicted molar refractivity (Wildman–Crippen MR) is 96.4 cm³/mol. The standard InChI is InChI=1S/C21H29NO2/c1-3-6-24-19-5-4-14(12-20(19)23-2)13-22-21-17-8-15-7-16(10-17)11-18(21)9-15/h3-5,12,15-18,21-22H,1,6-11,13H2,2H3. The van der Waals surface area contributed by atoms with Crippen LogP contribution in [0.3, 0.4) is 0 Å². The second kappa shape index (κ2) is 6.79. The van der Waals surface area contributed by atoms with Gasteiger partial charge in [-0.3, -0.25) is 0 Å². The lowest BCUT2D eigenvalue weighted by atomic mass is 9.54. The van der Waals surface area contributed by atoms with Crippen molar-refractivity contribution in [1.82, 2.24) is 5.32 Å². The largest absolute Gasteiger partial charge is 0.493 e. The number of nitrogens with one attached hydrogen (secondary N) is 1. The zero-order valence-electron chi connectivity index (χ0n) is 14.7. The minimum Gasteiger partial charge on any atom is -0.493 e. The average molecular weight is 327 g/mol. The minimum absolute atomic E-state index is 0.502. The maximum atomic E-state index is 5.64. The average Bonchev–Trinajstić information content (AvgIpc) is 2.59. The second-order valence-electron chi connectivity index (χ2n) is 7.92. The maximum Gasteiger partial charge on any atom is 0.161 e. The van der Waals surface area contributed by atoms with Crippen molar-refractivity contribution in [1.29, 1.82) is 0 Å². The molecule has 4 saturated carbocycles. The Bertz CT molecular complexity index is 570. The Labute approximate surface area is 145 Å². The van der Waals surface area contributed by atoms with Gasteiger partial charge in [-0.15, -0.1) is 0 Å². The lowest BCUT2D eigenvalue weighted by molar-refractivity contribution is -0.0142. The molecule has 24 heavy (non-hydrogen) atoms. The fourth-order valence-corrected chi connectivity index (χ4v) is 5.58. The van der Waals surface area contributed by atoms with E-state index in [-0.39, 0.29) is 0 Å². The van der Waals surface area contributed by atoms with Gasteiger partial charge in [0.2, 0.25) is 0 Å². The minimum atomic E-state index is 0.502. The summed E-state index contributed by atoms with van der Waals surface area (Å²) in [5, 5.41) is 3.88. The zero-order valence-corrected chi connectivity index (χ0v) is 14.7. The number of ether oxygens (including phenoxy) is 2. The van der Waals surface area contributed by atoms with Crippen molar-refractivity contribution in [2.24, 2.45) is 23.7 Å². The van der Waals surface area contributed by atoms with Crippen molar-refractivity contribution in [3.8, 4) is 11.5 Å². The molecule has 0 heterocycles. The molecule has 1 N–H and O–H groups in total. The Kier molecular flexibility index (Phi) is 4.53. The van der Waals surface area contributed by atoms with Gasteiger partial charge in [0, 0.05) is 12.6 Å². The third-order valence-corrected chi connectivity index (χ3v) is 6.35. The van der Waals surface area contributed by atoms with Gasteiger partial charge in [-0.05, 0) is 73.5 Å². The molecule has 1 aromatic carbocycles. The van der Waals surface area contributed by atoms with Gasteiger partial charge in [0.15, 0.2) is 11.5 Å². The van der Waals surface area contributed by atoms with Crippen molar-refractivity contribution >= 4 is 0 Å². The van der Waals surface area contributed by atoms with Crippen LogP contribution in [0, 0.1) is 23.7 Å². The van der Waals surface area contributed by atoms with E-state index in [0.29, 0.717) is 6.61 Å². The summed E-state index contributed by atoms with van der Waals surface area (Å²) in [5.74, 6) is 5.49. The zero-order chi connectivity index (χ0) is 16.5. The van der Waals surface area contributed by atoms with Crippen LogP contribution >= 0.6 is 0 Å². The number of hydrogen-bond donors (Lipinski definition) is 1. The molecule has 0 aromatic heterocycles. The topological polar surface area (TPSA) is 30.5 Å². The summed E-state index contributed by atoms with van der Waals surface area (Å²) in [5.41, 5.74) is 1.27. The molecule has 3 nitrogen and oxygen atoms in total. The van der Waals surface area contributed by atoms with E-state index in [4.69, 9.17) is 9.47 Å². The molecule has 0 unspecified atom stereocenters. The summed E-state index contributed by atoms with van der Waals surface area (Å²) >= 11 is 0. The summed E-state index contributed by atoms with van der Waals surface area (Å²) in [7, 11) is 1.70. The number of benzene rings is 1. The van der Waals surface area contributed by atoms with Gasteiger partial charge in [-0.25, -0.2) is 0 Å². The molecule has 0 radical (unpaired) electrons. The van der Waals surface area contributed by atoms with E-state index in [2.05, 4.69) is 24.0 Å². The first-order valence-corrected chi connectivity index (χ1v) is 9.40. The van der Waals surface area contributed by atoms with Gasteiger partial charge in [-0.1, -0.05) is 18.7 Å². The van der Waals surface area contributed by atoms with Gasteiger partial charge < -0.3 is 14.8 Å². The highest BCUT2D eigenvalue weighted by Gasteiger charge is 2.47. The Hall–Kier alpha value is -1.48. The molecule has 4 aliphatic rings. The number of hydrogen-bond acceptors (Lipinski definition) is 3. The van der Waals surface area contributed by atoms with E-state index in [1.807, 2.05) is 6.07 Å². The van der Waals surface area contributed by atoms with Gasteiger partial charge >= 0.3 is 0 Å². The van der Waals surface area contributed by atoms with Gasteiger partial charge in [0.25, 0.3) is 0 Å². The van der Waals surface area contributed by atoms with E-state index in [0.717, 1.165) is 47.8 Å². The van der Waals surface area contributed by atoms with E-state index < -0.39 is 0 Å². The Balaban J connectivity index is 1.40. The Morgan fingerprint density at radius 3 is 2.42 bits per heavy atom. The first kappa shape index (κ1) is 16.0. The Morgan fingerprint density at radius 1 is 1.08 bits per heavy atom. The molecular formula is C21H29NO2. The van der Waals surface area contributed by atoms with Gasteiger partial charge in [0.05, 0.1) is 7.11 Å². The smallest absolute Gasteiger partial charge is 0.161 e. The van der Waals surface area contributed by atoms with Gasteiger partial charge in [0.1, 0.15) is 6.61 Å². The van der Waals surface area contributed by atoms with Crippen LogP contribution in [-0.2, 0) is 6.54 Å². The molecule has 0 atom stereocenters. The van der Waals surface area contributed by atoms with Crippen LogP contribution in [0.2, 0.25) is 0 Å². The molecule has 130 valence electrons. The van der Waals surface area contributed by atoms with Crippen LogP contribution in [0.5, 0.6) is 11.5 Å². The summed E-state index contributed by atoms with van der Waals surface area (Å²) in [6.07, 6.45) is 9.11. The maximum absolute atomic E-state index is 5.64. The molecule has 3 heteroatoms. The molecule has 4 aliphatic carbocycles. The highest BCUT2D eigenvalue weighted by Crippen LogP contribution is 2.53. The quantitative estimate of drug-likeness (QED) is 0.762. The summed E-state index contributed by atoms with van der Waals surface area (Å²) in [6.45, 7) is 5.11. The fraction of sp³-hybridized carbons (Fsp3) is 0.619. The van der Waals surface area contributed by atoms with Crippen molar-refractivity contribution in [2.45, 2.75) is 44.7 Å². The summed E-state index contributed by atoms with van der Waals surface area (Å²) < 4.78 is 11.1. The molecule has 4 bridgehead atoms. The van der Waals surface area contributed by atoms with Gasteiger partial charge in [-0.2, -0.15) is 0 Å². The lowest BCUT2D eigenvalue weighted by Crippen LogP contribution is -2.54. The molecule has 0 saturated heterocycles. The lowest BCUT2D eigenvalue weighted by Gasteiger charge is -2.54. The first-order valence-electron chi connectivity index (χ1n) is 9.40. The monoisotopic (exact) mass is 327 g/mol. The number of rotatable bonds is 7. The highest BCUT2D eigenvalue weighted by molar-refractivity contribution is 5.43. The third kappa shape index (κ3) is 3.06. The Morgan fingerprint density at radius 2 is 1.79 bits per heavy atom. The predicted octanol–water partition coefficient (Wildman–Crippen LogP) is 4.17. The van der Waals surface area contributed by atoms with Crippen LogP contribution < -0.4 is 14.8 Å². The van der Waals surface area contributed by atoms with Crippen LogP contribution in [0.4, 0.5) is 0 Å². The van der Waals surface area contributed by atoms with E-state index in [1.165, 1.54) is 37.7 Å². The van der Waals surface area contributed by atoms with E-state index in [1.54, 1.807) is 13.2 Å². The number of methoxy groups -OCH3 is 1. The molecule has 0 aliphatic heterocycles. The van der Waals surface area contributed by atoms with Crippen molar-refractivity contribution < 1.29 is 9.47 Å². The summed E-state index contributed by atoms with van der Waals surface area (Å²) in [6, 6.07) is 6.97. The second-order valence-corrected chi connectivity index (χ2v) is 7.92. The van der Waals surface area contributed by atoms with Crippen LogP contribution in [-0.4, -0.2) is 19.8 Å². The van der Waals surface area contributed by atoms with E-state index in [9.17, 15) is 0 Å². The SMILES string of the molecule is C=CCOc1ccc(CNC2C3CC4CC(C3)CC2C4)cc1OC. The molecule has 1 aromatic rings. The van der Waals surface area contributed by atoms with Crippen molar-refractivity contribution in [3.05, 3.63) is 36.4 Å².